The molecule has 0 aliphatic rings. The van der Waals surface area contributed by atoms with Crippen molar-refractivity contribution in [1.29, 1.82) is 0 Å². The first kappa shape index (κ1) is 53.9. The second kappa shape index (κ2) is 45.6. The second-order valence-corrected chi connectivity index (χ2v) is 16.4. The van der Waals surface area contributed by atoms with Crippen LogP contribution >= 0.6 is 0 Å². The first-order valence-corrected chi connectivity index (χ1v) is 24.3. The highest BCUT2D eigenvalue weighted by Gasteiger charge is 2.19. The number of ether oxygens (including phenoxy) is 3. The van der Waals surface area contributed by atoms with E-state index in [-0.39, 0.29) is 31.1 Å². The lowest BCUT2D eigenvalue weighted by molar-refractivity contribution is -0.167. The van der Waals surface area contributed by atoms with Gasteiger partial charge in [0, 0.05) is 19.3 Å². The number of esters is 3. The first-order chi connectivity index (χ1) is 27.5. The third-order valence-corrected chi connectivity index (χ3v) is 10.7. The van der Waals surface area contributed by atoms with Gasteiger partial charge in [-0.25, -0.2) is 0 Å². The Kier molecular flexibility index (Phi) is 43.9. The van der Waals surface area contributed by atoms with E-state index < -0.39 is 6.10 Å². The molecule has 6 heteroatoms. The highest BCUT2D eigenvalue weighted by molar-refractivity contribution is 5.71. The number of hydrogen-bond acceptors (Lipinski definition) is 6. The molecule has 0 aliphatic carbocycles. The minimum absolute atomic E-state index is 0.0698. The van der Waals surface area contributed by atoms with Crippen LogP contribution in [0, 0.1) is 0 Å². The van der Waals surface area contributed by atoms with Crippen molar-refractivity contribution in [2.24, 2.45) is 0 Å². The van der Waals surface area contributed by atoms with Crippen LogP contribution in [0.2, 0.25) is 0 Å². The Labute approximate surface area is 347 Å². The van der Waals surface area contributed by atoms with Crippen LogP contribution in [0.4, 0.5) is 0 Å². The summed E-state index contributed by atoms with van der Waals surface area (Å²) >= 11 is 0. The highest BCUT2D eigenvalue weighted by Crippen LogP contribution is 2.15. The van der Waals surface area contributed by atoms with Gasteiger partial charge in [-0.2, -0.15) is 0 Å². The Morgan fingerprint density at radius 3 is 1.00 bits per heavy atom. The summed E-state index contributed by atoms with van der Waals surface area (Å²) in [6.45, 7) is 6.60. The predicted molar refractivity (Wildman–Crippen MR) is 238 cm³/mol. The average molecular weight is 789 g/mol. The fourth-order valence-corrected chi connectivity index (χ4v) is 7.00. The summed E-state index contributed by atoms with van der Waals surface area (Å²) in [6, 6.07) is 0. The standard InChI is InChI=1S/C50H92O6/c1-4-7-10-13-16-19-22-23-24-25-26-27-28-29-32-34-37-40-43-49(52)55-46-47(56-50(53)44-41-38-35-31-21-18-15-12-9-6-3)45-54-48(51)42-39-36-33-30-20-17-14-11-8-5-2/h19,22,24-25,47H,4-18,20-21,23,26-46H2,1-3H3/b22-19-,25-24-. The molecule has 6 nitrogen and oxygen atoms in total. The maximum atomic E-state index is 12.7. The SMILES string of the molecule is CCCCCC/C=C\C/C=C\CCCCCCCCCC(=O)OCC(COC(=O)CCCCCCCCCCCC)OC(=O)CCCCCCCCCCCC. The molecule has 0 radical (unpaired) electrons. The summed E-state index contributed by atoms with van der Waals surface area (Å²) in [6.07, 6.45) is 50.2. The third-order valence-electron chi connectivity index (χ3n) is 10.7. The van der Waals surface area contributed by atoms with E-state index in [2.05, 4.69) is 45.1 Å². The zero-order chi connectivity index (χ0) is 40.8. The summed E-state index contributed by atoms with van der Waals surface area (Å²) in [7, 11) is 0. The van der Waals surface area contributed by atoms with Gasteiger partial charge in [-0.3, -0.25) is 14.4 Å². The van der Waals surface area contributed by atoms with Crippen molar-refractivity contribution >= 4 is 17.9 Å². The van der Waals surface area contributed by atoms with Gasteiger partial charge in [0.25, 0.3) is 0 Å². The molecular weight excluding hydrogens is 697 g/mol. The summed E-state index contributed by atoms with van der Waals surface area (Å²) in [4.78, 5) is 37.7. The van der Waals surface area contributed by atoms with E-state index in [1.807, 2.05) is 0 Å². The van der Waals surface area contributed by atoms with Gasteiger partial charge in [0.15, 0.2) is 6.10 Å². The molecule has 56 heavy (non-hydrogen) atoms. The van der Waals surface area contributed by atoms with Gasteiger partial charge in [0.05, 0.1) is 0 Å². The van der Waals surface area contributed by atoms with Gasteiger partial charge in [-0.1, -0.05) is 212 Å². The Morgan fingerprint density at radius 1 is 0.357 bits per heavy atom. The van der Waals surface area contributed by atoms with Gasteiger partial charge in [0.2, 0.25) is 0 Å². The number of rotatable bonds is 44. The van der Waals surface area contributed by atoms with Gasteiger partial charge in [0.1, 0.15) is 13.2 Å². The average Bonchev–Trinajstić information content (AvgIpc) is 3.19. The zero-order valence-electron chi connectivity index (χ0n) is 37.4. The van der Waals surface area contributed by atoms with Crippen molar-refractivity contribution in [3.63, 3.8) is 0 Å². The first-order valence-electron chi connectivity index (χ1n) is 24.3. The molecule has 0 rings (SSSR count). The number of carbonyl (C=O) groups is 3. The van der Waals surface area contributed by atoms with Gasteiger partial charge in [-0.15, -0.1) is 0 Å². The van der Waals surface area contributed by atoms with Crippen molar-refractivity contribution in [2.75, 3.05) is 13.2 Å². The monoisotopic (exact) mass is 789 g/mol. The summed E-state index contributed by atoms with van der Waals surface area (Å²) < 4.78 is 16.7. The number of hydrogen-bond donors (Lipinski definition) is 0. The Hall–Kier alpha value is -2.11. The minimum Gasteiger partial charge on any atom is -0.462 e. The molecule has 0 aromatic carbocycles. The van der Waals surface area contributed by atoms with Crippen molar-refractivity contribution in [3.8, 4) is 0 Å². The molecule has 0 aliphatic heterocycles. The molecule has 0 spiro atoms. The molecule has 0 N–H and O–H groups in total. The molecule has 0 amide bonds. The summed E-state index contributed by atoms with van der Waals surface area (Å²) in [5, 5.41) is 0. The van der Waals surface area contributed by atoms with Crippen LogP contribution in [0.25, 0.3) is 0 Å². The van der Waals surface area contributed by atoms with E-state index in [9.17, 15) is 14.4 Å². The van der Waals surface area contributed by atoms with E-state index in [0.717, 1.165) is 70.6 Å². The molecule has 0 heterocycles. The van der Waals surface area contributed by atoms with Crippen LogP contribution in [0.15, 0.2) is 24.3 Å². The van der Waals surface area contributed by atoms with Crippen molar-refractivity contribution in [3.05, 3.63) is 24.3 Å². The molecule has 0 fully saturated rings. The third kappa shape index (κ3) is 43.0. The molecule has 1 atom stereocenters. The van der Waals surface area contributed by atoms with Crippen LogP contribution < -0.4 is 0 Å². The van der Waals surface area contributed by atoms with E-state index in [1.165, 1.54) is 148 Å². The largest absolute Gasteiger partial charge is 0.462 e. The van der Waals surface area contributed by atoms with Gasteiger partial charge >= 0.3 is 17.9 Å². The number of allylic oxidation sites excluding steroid dienone is 4. The fraction of sp³-hybridized carbons (Fsp3) is 0.860. The van der Waals surface area contributed by atoms with Crippen LogP contribution in [-0.4, -0.2) is 37.2 Å². The number of unbranched alkanes of at least 4 members (excludes halogenated alkanes) is 29. The topological polar surface area (TPSA) is 78.9 Å². The maximum absolute atomic E-state index is 12.7. The fourth-order valence-electron chi connectivity index (χ4n) is 7.00. The van der Waals surface area contributed by atoms with Crippen molar-refractivity contribution < 1.29 is 28.6 Å². The maximum Gasteiger partial charge on any atom is 0.306 e. The number of carbonyl (C=O) groups excluding carboxylic acids is 3. The molecule has 0 aromatic rings. The lowest BCUT2D eigenvalue weighted by Gasteiger charge is -2.18. The lowest BCUT2D eigenvalue weighted by atomic mass is 10.1. The van der Waals surface area contributed by atoms with Crippen LogP contribution in [-0.2, 0) is 28.6 Å². The lowest BCUT2D eigenvalue weighted by Crippen LogP contribution is -2.30. The normalized spacial score (nSPS) is 12.1. The van der Waals surface area contributed by atoms with Crippen LogP contribution in [0.1, 0.15) is 258 Å². The zero-order valence-corrected chi connectivity index (χ0v) is 37.4. The van der Waals surface area contributed by atoms with Crippen molar-refractivity contribution in [1.82, 2.24) is 0 Å². The molecule has 0 aromatic heterocycles. The van der Waals surface area contributed by atoms with E-state index >= 15 is 0 Å². The smallest absolute Gasteiger partial charge is 0.306 e. The molecule has 1 unspecified atom stereocenters. The van der Waals surface area contributed by atoms with Gasteiger partial charge in [-0.05, 0) is 51.4 Å². The van der Waals surface area contributed by atoms with E-state index in [0.29, 0.717) is 19.3 Å². The Balaban J connectivity index is 4.28. The molecular formula is C50H92O6. The molecule has 328 valence electrons. The minimum atomic E-state index is -0.766. The highest BCUT2D eigenvalue weighted by atomic mass is 16.6. The predicted octanol–water partition coefficient (Wildman–Crippen LogP) is 15.6. The van der Waals surface area contributed by atoms with Gasteiger partial charge < -0.3 is 14.2 Å². The second-order valence-electron chi connectivity index (χ2n) is 16.4. The Morgan fingerprint density at radius 2 is 0.643 bits per heavy atom. The quantitative estimate of drug-likeness (QED) is 0.0265. The molecule has 0 bridgehead atoms. The van der Waals surface area contributed by atoms with Crippen molar-refractivity contribution in [2.45, 2.75) is 264 Å². The molecule has 0 saturated carbocycles. The summed E-state index contributed by atoms with van der Waals surface area (Å²) in [5.41, 5.74) is 0. The Bertz CT molecular complexity index is 911. The van der Waals surface area contributed by atoms with Crippen LogP contribution in [0.3, 0.4) is 0 Å². The van der Waals surface area contributed by atoms with E-state index in [4.69, 9.17) is 14.2 Å². The van der Waals surface area contributed by atoms with Crippen LogP contribution in [0.5, 0.6) is 0 Å². The summed E-state index contributed by atoms with van der Waals surface area (Å²) in [5.74, 6) is -0.872. The van der Waals surface area contributed by atoms with E-state index in [1.54, 1.807) is 0 Å². The molecule has 0 saturated heterocycles.